The summed E-state index contributed by atoms with van der Waals surface area (Å²) in [4.78, 5) is 12.2. The average Bonchev–Trinajstić information content (AvgIpc) is 2.95. The van der Waals surface area contributed by atoms with E-state index in [4.69, 9.17) is 5.73 Å². The first kappa shape index (κ1) is 14.1. The molecule has 2 rings (SSSR count). The molecule has 1 fully saturated rings. The van der Waals surface area contributed by atoms with E-state index >= 15 is 0 Å². The van der Waals surface area contributed by atoms with Crippen LogP contribution in [0, 0.1) is 11.8 Å². The summed E-state index contributed by atoms with van der Waals surface area (Å²) in [6, 6.07) is 1.91. The molecule has 106 valence electrons. The molecule has 1 heterocycles. The molecule has 1 aromatic heterocycles. The van der Waals surface area contributed by atoms with Crippen LogP contribution in [-0.4, -0.2) is 22.6 Å². The van der Waals surface area contributed by atoms with Crippen LogP contribution in [-0.2, 0) is 10.2 Å². The van der Waals surface area contributed by atoms with Gasteiger partial charge in [-0.15, -0.1) is 0 Å². The lowest BCUT2D eigenvalue weighted by Crippen LogP contribution is -2.29. The summed E-state index contributed by atoms with van der Waals surface area (Å²) in [6.07, 6.45) is 3.08. The minimum atomic E-state index is 0.00311. The van der Waals surface area contributed by atoms with E-state index < -0.39 is 0 Å². The van der Waals surface area contributed by atoms with Gasteiger partial charge in [-0.3, -0.25) is 9.89 Å². The van der Waals surface area contributed by atoms with E-state index in [1.54, 1.807) is 0 Å². The van der Waals surface area contributed by atoms with Gasteiger partial charge in [0.1, 0.15) is 0 Å². The third kappa shape index (κ3) is 3.15. The molecular weight excluding hydrogens is 240 g/mol. The maximum atomic E-state index is 12.2. The average molecular weight is 264 g/mol. The minimum absolute atomic E-state index is 0.00311. The molecule has 2 atom stereocenters. The molecule has 1 aliphatic carbocycles. The third-order valence-corrected chi connectivity index (χ3v) is 3.94. The Labute approximate surface area is 114 Å². The van der Waals surface area contributed by atoms with Gasteiger partial charge in [-0.2, -0.15) is 5.10 Å². The summed E-state index contributed by atoms with van der Waals surface area (Å²) in [6.45, 7) is 6.90. The summed E-state index contributed by atoms with van der Waals surface area (Å²) in [5.74, 6) is 1.03. The number of H-pyrrole nitrogens is 1. The van der Waals surface area contributed by atoms with Crippen molar-refractivity contribution in [3.63, 3.8) is 0 Å². The van der Waals surface area contributed by atoms with Crippen LogP contribution in [0.25, 0.3) is 0 Å². The zero-order valence-electron chi connectivity index (χ0n) is 12.0. The molecule has 5 nitrogen and oxygen atoms in total. The number of carbonyl (C=O) groups excluding carboxylic acids is 1. The minimum Gasteiger partial charge on any atom is -0.330 e. The van der Waals surface area contributed by atoms with Crippen molar-refractivity contribution in [2.75, 3.05) is 11.9 Å². The lowest BCUT2D eigenvalue weighted by Gasteiger charge is -2.16. The highest BCUT2D eigenvalue weighted by molar-refractivity contribution is 5.92. The van der Waals surface area contributed by atoms with Gasteiger partial charge >= 0.3 is 0 Å². The number of hydrogen-bond donors (Lipinski definition) is 3. The van der Waals surface area contributed by atoms with E-state index in [0.29, 0.717) is 18.3 Å². The Morgan fingerprint density at radius 2 is 2.26 bits per heavy atom. The molecule has 4 N–H and O–H groups in total. The van der Waals surface area contributed by atoms with E-state index in [2.05, 4.69) is 36.3 Å². The second kappa shape index (κ2) is 5.33. The fraction of sp³-hybridized carbons (Fsp3) is 0.714. The molecule has 19 heavy (non-hydrogen) atoms. The highest BCUT2D eigenvalue weighted by Crippen LogP contribution is 2.32. The first-order chi connectivity index (χ1) is 8.91. The van der Waals surface area contributed by atoms with Gasteiger partial charge in [-0.1, -0.05) is 27.2 Å². The van der Waals surface area contributed by atoms with Crippen molar-refractivity contribution in [2.24, 2.45) is 17.6 Å². The number of rotatable bonds is 3. The predicted octanol–water partition coefficient (Wildman–Crippen LogP) is 2.02. The van der Waals surface area contributed by atoms with Gasteiger partial charge in [0.25, 0.3) is 0 Å². The van der Waals surface area contributed by atoms with Gasteiger partial charge in [0.15, 0.2) is 5.82 Å². The highest BCUT2D eigenvalue weighted by Gasteiger charge is 2.32. The van der Waals surface area contributed by atoms with Crippen molar-refractivity contribution in [2.45, 2.75) is 45.4 Å². The topological polar surface area (TPSA) is 83.8 Å². The first-order valence-corrected chi connectivity index (χ1v) is 6.98. The second-order valence-corrected chi connectivity index (χ2v) is 6.44. The van der Waals surface area contributed by atoms with Crippen LogP contribution in [0.15, 0.2) is 6.07 Å². The number of nitrogens with one attached hydrogen (secondary N) is 2. The predicted molar refractivity (Wildman–Crippen MR) is 75.8 cm³/mol. The van der Waals surface area contributed by atoms with Crippen LogP contribution in [0.2, 0.25) is 0 Å². The Balaban J connectivity index is 2.01. The number of aromatic amines is 1. The number of amides is 1. The van der Waals surface area contributed by atoms with Crippen LogP contribution in [0.3, 0.4) is 0 Å². The number of nitrogens with two attached hydrogens (primary N) is 1. The summed E-state index contributed by atoms with van der Waals surface area (Å²) in [7, 11) is 0. The van der Waals surface area contributed by atoms with Gasteiger partial charge < -0.3 is 11.1 Å². The molecule has 0 aliphatic heterocycles. The zero-order chi connectivity index (χ0) is 14.0. The van der Waals surface area contributed by atoms with Crippen molar-refractivity contribution < 1.29 is 4.79 Å². The largest absolute Gasteiger partial charge is 0.330 e. The SMILES string of the molecule is CC(C)(C)c1cc(NC(=O)C2CCCC2CN)n[nH]1. The molecule has 0 radical (unpaired) electrons. The molecular formula is C14H24N4O. The van der Waals surface area contributed by atoms with Gasteiger partial charge in [0.05, 0.1) is 0 Å². The zero-order valence-corrected chi connectivity index (χ0v) is 12.0. The lowest BCUT2D eigenvalue weighted by atomic mass is 9.92. The normalized spacial score (nSPS) is 23.6. The van der Waals surface area contributed by atoms with Crippen LogP contribution >= 0.6 is 0 Å². The van der Waals surface area contributed by atoms with Crippen molar-refractivity contribution in [1.82, 2.24) is 10.2 Å². The van der Waals surface area contributed by atoms with Gasteiger partial charge in [-0.05, 0) is 25.3 Å². The van der Waals surface area contributed by atoms with Gasteiger partial charge in [0, 0.05) is 23.1 Å². The molecule has 1 saturated carbocycles. The molecule has 0 saturated heterocycles. The Kier molecular flexibility index (Phi) is 3.94. The van der Waals surface area contributed by atoms with Crippen LogP contribution in [0.5, 0.6) is 0 Å². The fourth-order valence-electron chi connectivity index (χ4n) is 2.65. The first-order valence-electron chi connectivity index (χ1n) is 6.98. The maximum Gasteiger partial charge on any atom is 0.229 e. The van der Waals surface area contributed by atoms with E-state index in [1.807, 2.05) is 6.07 Å². The number of anilines is 1. The number of aromatic nitrogens is 2. The highest BCUT2D eigenvalue weighted by atomic mass is 16.2. The van der Waals surface area contributed by atoms with Gasteiger partial charge in [0.2, 0.25) is 5.91 Å². The Morgan fingerprint density at radius 3 is 2.84 bits per heavy atom. The van der Waals surface area contributed by atoms with Gasteiger partial charge in [-0.25, -0.2) is 0 Å². The van der Waals surface area contributed by atoms with Crippen molar-refractivity contribution >= 4 is 11.7 Å². The molecule has 0 aromatic carbocycles. The fourth-order valence-corrected chi connectivity index (χ4v) is 2.65. The van der Waals surface area contributed by atoms with Crippen LogP contribution in [0.4, 0.5) is 5.82 Å². The smallest absolute Gasteiger partial charge is 0.229 e. The van der Waals surface area contributed by atoms with Crippen molar-refractivity contribution in [3.05, 3.63) is 11.8 Å². The summed E-state index contributed by atoms with van der Waals surface area (Å²) in [5, 5.41) is 10.0. The standard InChI is InChI=1S/C14H24N4O/c1-14(2,3)11-7-12(18-17-11)16-13(19)10-6-4-5-9(10)8-15/h7,9-10H,4-6,8,15H2,1-3H3,(H2,16,17,18,19). The Hall–Kier alpha value is -1.36. The molecule has 1 amide bonds. The molecule has 0 bridgehead atoms. The second-order valence-electron chi connectivity index (χ2n) is 6.44. The Bertz CT molecular complexity index is 447. The van der Waals surface area contributed by atoms with Crippen molar-refractivity contribution in [1.29, 1.82) is 0 Å². The number of nitrogens with zero attached hydrogens (tertiary/aromatic N) is 1. The molecule has 1 aromatic rings. The lowest BCUT2D eigenvalue weighted by molar-refractivity contribution is -0.120. The van der Waals surface area contributed by atoms with Crippen molar-refractivity contribution in [3.8, 4) is 0 Å². The molecule has 2 unspecified atom stereocenters. The number of carbonyl (C=O) groups is 1. The monoisotopic (exact) mass is 264 g/mol. The quantitative estimate of drug-likeness (QED) is 0.781. The van der Waals surface area contributed by atoms with E-state index in [0.717, 1.165) is 25.0 Å². The van der Waals surface area contributed by atoms with Crippen LogP contribution in [0.1, 0.15) is 45.7 Å². The van der Waals surface area contributed by atoms with E-state index in [9.17, 15) is 4.79 Å². The van der Waals surface area contributed by atoms with Crippen LogP contribution < -0.4 is 11.1 Å². The Morgan fingerprint density at radius 1 is 1.53 bits per heavy atom. The summed E-state index contributed by atoms with van der Waals surface area (Å²) < 4.78 is 0. The molecule has 0 spiro atoms. The van der Waals surface area contributed by atoms with E-state index in [1.165, 1.54) is 0 Å². The molecule has 1 aliphatic rings. The molecule has 5 heteroatoms. The number of hydrogen-bond acceptors (Lipinski definition) is 3. The summed E-state index contributed by atoms with van der Waals surface area (Å²) in [5.41, 5.74) is 6.74. The van der Waals surface area contributed by atoms with E-state index in [-0.39, 0.29) is 17.2 Å². The maximum absolute atomic E-state index is 12.2. The third-order valence-electron chi connectivity index (χ3n) is 3.94. The summed E-state index contributed by atoms with van der Waals surface area (Å²) >= 11 is 0.